The van der Waals surface area contributed by atoms with Gasteiger partial charge in [0.15, 0.2) is 0 Å². The van der Waals surface area contributed by atoms with E-state index >= 15 is 0 Å². The molecule has 1 saturated carbocycles. The van der Waals surface area contributed by atoms with Gasteiger partial charge in [0, 0.05) is 25.7 Å². The van der Waals surface area contributed by atoms with Gasteiger partial charge in [-0.3, -0.25) is 4.99 Å². The number of nitrogens with zero attached hydrogens (tertiary/aromatic N) is 2. The molecule has 0 radical (unpaired) electrons. The second kappa shape index (κ2) is 3.46. The van der Waals surface area contributed by atoms with Crippen molar-refractivity contribution in [3.8, 4) is 0 Å². The van der Waals surface area contributed by atoms with Crippen LogP contribution in [0.25, 0.3) is 0 Å². The normalized spacial score (nSPS) is 31.1. The van der Waals surface area contributed by atoms with Crippen LogP contribution in [0.1, 0.15) is 25.7 Å². The molecule has 0 aromatic heterocycles. The second-order valence-electron chi connectivity index (χ2n) is 5.08. The number of hydrogen-bond donors (Lipinski definition) is 2. The highest BCUT2D eigenvalue weighted by molar-refractivity contribution is 5.92. The molecular formula is C11H20N4. The first kappa shape index (κ1) is 9.60. The molecule has 0 aromatic carbocycles. The Labute approximate surface area is 90.9 Å². The third-order valence-electron chi connectivity index (χ3n) is 3.90. The minimum atomic E-state index is -0.151. The zero-order valence-corrected chi connectivity index (χ0v) is 9.21. The lowest BCUT2D eigenvalue weighted by atomic mass is 9.87. The fourth-order valence-electron chi connectivity index (χ4n) is 2.70. The number of nitrogens with two attached hydrogens (primary N) is 1. The average Bonchev–Trinajstić information content (AvgIpc) is 2.94. The largest absolute Gasteiger partial charge is 0.370 e. The van der Waals surface area contributed by atoms with Gasteiger partial charge in [0.1, 0.15) is 5.84 Å². The van der Waals surface area contributed by atoms with E-state index in [0.717, 1.165) is 50.9 Å². The van der Waals surface area contributed by atoms with E-state index < -0.39 is 0 Å². The summed E-state index contributed by atoms with van der Waals surface area (Å²) in [7, 11) is 0. The number of likely N-dealkylation sites (tertiary alicyclic amines) is 1. The molecule has 0 spiro atoms. The van der Waals surface area contributed by atoms with E-state index in [1.807, 2.05) is 0 Å². The van der Waals surface area contributed by atoms with Gasteiger partial charge >= 0.3 is 0 Å². The lowest BCUT2D eigenvalue weighted by Gasteiger charge is -2.39. The Morgan fingerprint density at radius 1 is 1.33 bits per heavy atom. The summed E-state index contributed by atoms with van der Waals surface area (Å²) in [6.07, 6.45) is 4.93. The SMILES string of the molecule is NC1(C2=NCCN2)CCN(C2CC2)CC1. The molecule has 2 fully saturated rings. The van der Waals surface area contributed by atoms with Crippen LogP contribution in [-0.2, 0) is 0 Å². The van der Waals surface area contributed by atoms with Gasteiger partial charge in [-0.05, 0) is 25.7 Å². The van der Waals surface area contributed by atoms with E-state index in [1.54, 1.807) is 0 Å². The van der Waals surface area contributed by atoms with Crippen LogP contribution in [0, 0.1) is 0 Å². The number of amidine groups is 1. The second-order valence-corrected chi connectivity index (χ2v) is 5.08. The van der Waals surface area contributed by atoms with Crippen molar-refractivity contribution in [1.82, 2.24) is 10.2 Å². The Bertz CT molecular complexity index is 274. The predicted octanol–water partition coefficient (Wildman–Crippen LogP) is -0.0562. The molecule has 0 atom stereocenters. The third kappa shape index (κ3) is 1.76. The molecule has 15 heavy (non-hydrogen) atoms. The lowest BCUT2D eigenvalue weighted by molar-refractivity contribution is 0.184. The molecule has 4 nitrogen and oxygen atoms in total. The third-order valence-corrected chi connectivity index (χ3v) is 3.90. The molecular weight excluding hydrogens is 188 g/mol. The molecule has 0 unspecified atom stereocenters. The summed E-state index contributed by atoms with van der Waals surface area (Å²) in [5.74, 6) is 1.07. The first-order chi connectivity index (χ1) is 7.28. The van der Waals surface area contributed by atoms with E-state index in [1.165, 1.54) is 12.8 Å². The van der Waals surface area contributed by atoms with Crippen LogP contribution < -0.4 is 11.1 Å². The Morgan fingerprint density at radius 3 is 2.60 bits per heavy atom. The van der Waals surface area contributed by atoms with Gasteiger partial charge in [0.2, 0.25) is 0 Å². The van der Waals surface area contributed by atoms with Crippen molar-refractivity contribution >= 4 is 5.84 Å². The Balaban J connectivity index is 1.63. The number of rotatable bonds is 2. The quantitative estimate of drug-likeness (QED) is 0.668. The maximum Gasteiger partial charge on any atom is 0.117 e. The van der Waals surface area contributed by atoms with Crippen molar-refractivity contribution in [1.29, 1.82) is 0 Å². The molecule has 2 aliphatic heterocycles. The van der Waals surface area contributed by atoms with Crippen molar-refractivity contribution in [2.24, 2.45) is 10.7 Å². The van der Waals surface area contributed by atoms with Crippen LogP contribution in [0.4, 0.5) is 0 Å². The topological polar surface area (TPSA) is 53.6 Å². The Morgan fingerprint density at radius 2 is 2.07 bits per heavy atom. The molecule has 3 rings (SSSR count). The number of piperidine rings is 1. The van der Waals surface area contributed by atoms with Gasteiger partial charge in [-0.1, -0.05) is 0 Å². The summed E-state index contributed by atoms with van der Waals surface area (Å²) in [6.45, 7) is 4.19. The molecule has 0 bridgehead atoms. The lowest BCUT2D eigenvalue weighted by Crippen LogP contribution is -2.58. The highest BCUT2D eigenvalue weighted by Crippen LogP contribution is 2.31. The maximum atomic E-state index is 6.43. The molecule has 3 aliphatic rings. The summed E-state index contributed by atoms with van der Waals surface area (Å²) in [5, 5.41) is 3.33. The highest BCUT2D eigenvalue weighted by Gasteiger charge is 2.40. The van der Waals surface area contributed by atoms with E-state index in [9.17, 15) is 0 Å². The number of nitrogens with one attached hydrogen (secondary N) is 1. The zero-order chi connectivity index (χ0) is 10.3. The highest BCUT2D eigenvalue weighted by atomic mass is 15.2. The fourth-order valence-corrected chi connectivity index (χ4v) is 2.70. The first-order valence-corrected chi connectivity index (χ1v) is 6.10. The summed E-state index contributed by atoms with van der Waals surface area (Å²) < 4.78 is 0. The fraction of sp³-hybridized carbons (Fsp3) is 0.909. The molecule has 2 heterocycles. The van der Waals surface area contributed by atoms with Crippen molar-refractivity contribution < 1.29 is 0 Å². The van der Waals surface area contributed by atoms with Gasteiger partial charge < -0.3 is 16.0 Å². The van der Waals surface area contributed by atoms with Crippen molar-refractivity contribution in [3.05, 3.63) is 0 Å². The van der Waals surface area contributed by atoms with Gasteiger partial charge in [-0.2, -0.15) is 0 Å². The molecule has 1 saturated heterocycles. The van der Waals surface area contributed by atoms with E-state index in [-0.39, 0.29) is 5.54 Å². The Kier molecular flexibility index (Phi) is 2.21. The van der Waals surface area contributed by atoms with Gasteiger partial charge in [0.05, 0.1) is 12.1 Å². The van der Waals surface area contributed by atoms with Crippen molar-refractivity contribution in [2.45, 2.75) is 37.3 Å². The first-order valence-electron chi connectivity index (χ1n) is 6.10. The molecule has 3 N–H and O–H groups in total. The summed E-state index contributed by atoms with van der Waals surface area (Å²) >= 11 is 0. The minimum Gasteiger partial charge on any atom is -0.370 e. The van der Waals surface area contributed by atoms with Gasteiger partial charge in [0.25, 0.3) is 0 Å². The van der Waals surface area contributed by atoms with Crippen molar-refractivity contribution in [2.75, 3.05) is 26.2 Å². The van der Waals surface area contributed by atoms with Crippen LogP contribution in [-0.4, -0.2) is 48.5 Å². The molecule has 4 heteroatoms. The smallest absolute Gasteiger partial charge is 0.117 e. The van der Waals surface area contributed by atoms with E-state index in [4.69, 9.17) is 5.73 Å². The van der Waals surface area contributed by atoms with Crippen LogP contribution in [0.2, 0.25) is 0 Å². The van der Waals surface area contributed by atoms with Gasteiger partial charge in [-0.25, -0.2) is 0 Å². The maximum absolute atomic E-state index is 6.43. The monoisotopic (exact) mass is 208 g/mol. The van der Waals surface area contributed by atoms with Crippen molar-refractivity contribution in [3.63, 3.8) is 0 Å². The summed E-state index contributed by atoms with van der Waals surface area (Å²) in [6, 6.07) is 0.882. The van der Waals surface area contributed by atoms with Gasteiger partial charge in [-0.15, -0.1) is 0 Å². The predicted molar refractivity (Wildman–Crippen MR) is 61.1 cm³/mol. The molecule has 84 valence electrons. The van der Waals surface area contributed by atoms with Crippen LogP contribution in [0.3, 0.4) is 0 Å². The average molecular weight is 208 g/mol. The van der Waals surface area contributed by atoms with E-state index in [2.05, 4.69) is 15.2 Å². The zero-order valence-electron chi connectivity index (χ0n) is 9.21. The molecule has 1 aliphatic carbocycles. The standard InChI is InChI=1S/C11H20N4/c12-11(10-13-5-6-14-10)3-7-15(8-4-11)9-1-2-9/h9H,1-8,12H2,(H,13,14). The number of aliphatic imine (C=N–C) groups is 1. The summed E-state index contributed by atoms with van der Waals surface area (Å²) in [5.41, 5.74) is 6.28. The molecule has 0 aromatic rings. The summed E-state index contributed by atoms with van der Waals surface area (Å²) in [4.78, 5) is 7.08. The minimum absolute atomic E-state index is 0.151. The molecule has 0 amide bonds. The van der Waals surface area contributed by atoms with Crippen LogP contribution in [0.5, 0.6) is 0 Å². The Hall–Kier alpha value is -0.610. The number of hydrogen-bond acceptors (Lipinski definition) is 4. The van der Waals surface area contributed by atoms with Crippen LogP contribution >= 0.6 is 0 Å². The van der Waals surface area contributed by atoms with Crippen LogP contribution in [0.15, 0.2) is 4.99 Å². The van der Waals surface area contributed by atoms with E-state index in [0.29, 0.717) is 0 Å².